The smallest absolute Gasteiger partial charge is 0.137 e. The van der Waals surface area contributed by atoms with E-state index >= 15 is 0 Å². The van der Waals surface area contributed by atoms with E-state index in [1.807, 2.05) is 31.2 Å². The maximum absolute atomic E-state index is 10.2. The second-order valence-corrected chi connectivity index (χ2v) is 5.72. The van der Waals surface area contributed by atoms with Crippen LogP contribution in [0.25, 0.3) is 0 Å². The van der Waals surface area contributed by atoms with E-state index in [1.165, 1.54) is 5.56 Å². The molecule has 0 aliphatic rings. The van der Waals surface area contributed by atoms with E-state index in [0.29, 0.717) is 5.76 Å². The molecule has 1 N–H and O–H groups in total. The Balaban J connectivity index is 2.24. The lowest BCUT2D eigenvalue weighted by Gasteiger charge is -2.19. The van der Waals surface area contributed by atoms with Crippen LogP contribution in [0.2, 0.25) is 0 Å². The highest BCUT2D eigenvalue weighted by atomic mass is 16.4. The van der Waals surface area contributed by atoms with Crippen molar-refractivity contribution < 1.29 is 9.52 Å². The minimum Gasteiger partial charge on any atom is -0.463 e. The standard InChI is InChI=1S/C16H20O2/c1-11-5-10-14(18-11)15(17)12-6-8-13(9-7-12)16(2,3)4/h5-10,15,17H,1-4H3. The zero-order chi connectivity index (χ0) is 13.3. The first-order valence-electron chi connectivity index (χ1n) is 6.23. The van der Waals surface area contributed by atoms with Gasteiger partial charge in [-0.1, -0.05) is 45.0 Å². The van der Waals surface area contributed by atoms with E-state index in [0.717, 1.165) is 11.3 Å². The summed E-state index contributed by atoms with van der Waals surface area (Å²) >= 11 is 0. The van der Waals surface area contributed by atoms with Crippen LogP contribution in [0.1, 0.15) is 49.5 Å². The molecule has 0 amide bonds. The first-order valence-corrected chi connectivity index (χ1v) is 6.23. The Morgan fingerprint density at radius 1 is 1.00 bits per heavy atom. The second kappa shape index (κ2) is 4.62. The largest absolute Gasteiger partial charge is 0.463 e. The van der Waals surface area contributed by atoms with Gasteiger partial charge in [0.1, 0.15) is 17.6 Å². The molecular weight excluding hydrogens is 224 g/mol. The summed E-state index contributed by atoms with van der Waals surface area (Å²) in [6, 6.07) is 11.7. The third-order valence-corrected chi connectivity index (χ3v) is 3.12. The summed E-state index contributed by atoms with van der Waals surface area (Å²) in [7, 11) is 0. The molecule has 18 heavy (non-hydrogen) atoms. The summed E-state index contributed by atoms with van der Waals surface area (Å²) in [4.78, 5) is 0. The van der Waals surface area contributed by atoms with E-state index < -0.39 is 6.10 Å². The fraction of sp³-hybridized carbons (Fsp3) is 0.375. The van der Waals surface area contributed by atoms with Gasteiger partial charge in [0, 0.05) is 0 Å². The van der Waals surface area contributed by atoms with Gasteiger partial charge < -0.3 is 9.52 Å². The van der Waals surface area contributed by atoms with Crippen LogP contribution >= 0.6 is 0 Å². The van der Waals surface area contributed by atoms with Crippen LogP contribution in [0, 0.1) is 6.92 Å². The lowest BCUT2D eigenvalue weighted by Crippen LogP contribution is -2.11. The summed E-state index contributed by atoms with van der Waals surface area (Å²) in [6.45, 7) is 8.40. The lowest BCUT2D eigenvalue weighted by atomic mass is 9.86. The molecular formula is C16H20O2. The molecule has 2 aromatic rings. The number of aryl methyl sites for hydroxylation is 1. The van der Waals surface area contributed by atoms with Crippen LogP contribution in [-0.2, 0) is 5.41 Å². The van der Waals surface area contributed by atoms with Gasteiger partial charge in [-0.3, -0.25) is 0 Å². The Morgan fingerprint density at radius 3 is 2.06 bits per heavy atom. The molecule has 0 bridgehead atoms. The van der Waals surface area contributed by atoms with Crippen molar-refractivity contribution in [1.82, 2.24) is 0 Å². The molecule has 0 radical (unpaired) electrons. The number of benzene rings is 1. The average Bonchev–Trinajstić information content (AvgIpc) is 2.74. The Bertz CT molecular complexity index is 515. The summed E-state index contributed by atoms with van der Waals surface area (Å²) in [5.41, 5.74) is 2.25. The van der Waals surface area contributed by atoms with Crippen LogP contribution in [0.4, 0.5) is 0 Å². The Labute approximate surface area is 108 Å². The van der Waals surface area contributed by atoms with Crippen LogP contribution in [0.15, 0.2) is 40.8 Å². The highest BCUT2D eigenvalue weighted by molar-refractivity contribution is 5.31. The average molecular weight is 244 g/mol. The Kier molecular flexibility index (Phi) is 3.31. The minimum atomic E-state index is -0.687. The molecule has 2 rings (SSSR count). The van der Waals surface area contributed by atoms with Gasteiger partial charge >= 0.3 is 0 Å². The van der Waals surface area contributed by atoms with Gasteiger partial charge in [-0.05, 0) is 35.6 Å². The van der Waals surface area contributed by atoms with Crippen LogP contribution in [0.3, 0.4) is 0 Å². The highest BCUT2D eigenvalue weighted by Gasteiger charge is 2.17. The van der Waals surface area contributed by atoms with Crippen LogP contribution < -0.4 is 0 Å². The monoisotopic (exact) mass is 244 g/mol. The quantitative estimate of drug-likeness (QED) is 0.867. The van der Waals surface area contributed by atoms with Crippen molar-refractivity contribution in [3.63, 3.8) is 0 Å². The zero-order valence-electron chi connectivity index (χ0n) is 11.4. The number of hydrogen-bond donors (Lipinski definition) is 1. The third-order valence-electron chi connectivity index (χ3n) is 3.12. The van der Waals surface area contributed by atoms with E-state index in [4.69, 9.17) is 4.42 Å². The van der Waals surface area contributed by atoms with E-state index in [2.05, 4.69) is 32.9 Å². The molecule has 96 valence electrons. The molecule has 1 unspecified atom stereocenters. The molecule has 1 aromatic carbocycles. The Morgan fingerprint density at radius 2 is 1.61 bits per heavy atom. The summed E-state index contributed by atoms with van der Waals surface area (Å²) < 4.78 is 5.45. The third kappa shape index (κ3) is 2.65. The molecule has 2 heteroatoms. The second-order valence-electron chi connectivity index (χ2n) is 5.72. The van der Waals surface area contributed by atoms with Crippen LogP contribution in [0.5, 0.6) is 0 Å². The predicted octanol–water partition coefficient (Wildman–Crippen LogP) is 3.97. The zero-order valence-corrected chi connectivity index (χ0v) is 11.4. The first kappa shape index (κ1) is 12.9. The van der Waals surface area contributed by atoms with Gasteiger partial charge in [0.15, 0.2) is 0 Å². The number of aliphatic hydroxyl groups is 1. The van der Waals surface area contributed by atoms with Gasteiger partial charge in [0.2, 0.25) is 0 Å². The molecule has 0 saturated heterocycles. The van der Waals surface area contributed by atoms with Gasteiger partial charge in [-0.25, -0.2) is 0 Å². The SMILES string of the molecule is Cc1ccc(C(O)c2ccc(C(C)(C)C)cc2)o1. The van der Waals surface area contributed by atoms with Crippen molar-refractivity contribution in [3.05, 3.63) is 59.0 Å². The predicted molar refractivity (Wildman–Crippen MR) is 72.6 cm³/mol. The maximum Gasteiger partial charge on any atom is 0.137 e. The first-order chi connectivity index (χ1) is 8.38. The van der Waals surface area contributed by atoms with Gasteiger partial charge in [-0.15, -0.1) is 0 Å². The molecule has 0 aliphatic heterocycles. The van der Waals surface area contributed by atoms with Crippen molar-refractivity contribution >= 4 is 0 Å². The van der Waals surface area contributed by atoms with Crippen molar-refractivity contribution in [1.29, 1.82) is 0 Å². The van der Waals surface area contributed by atoms with Crippen molar-refractivity contribution in [2.24, 2.45) is 0 Å². The summed E-state index contributed by atoms with van der Waals surface area (Å²) in [6.07, 6.45) is -0.687. The van der Waals surface area contributed by atoms with Gasteiger partial charge in [-0.2, -0.15) is 0 Å². The van der Waals surface area contributed by atoms with E-state index in [1.54, 1.807) is 0 Å². The fourth-order valence-electron chi connectivity index (χ4n) is 1.93. The number of hydrogen-bond acceptors (Lipinski definition) is 2. The lowest BCUT2D eigenvalue weighted by molar-refractivity contribution is 0.187. The number of aliphatic hydroxyl groups excluding tert-OH is 1. The number of rotatable bonds is 2. The molecule has 2 nitrogen and oxygen atoms in total. The molecule has 0 fully saturated rings. The van der Waals surface area contributed by atoms with E-state index in [9.17, 15) is 5.11 Å². The van der Waals surface area contributed by atoms with Crippen molar-refractivity contribution in [2.45, 2.75) is 39.2 Å². The molecule has 1 atom stereocenters. The number of furan rings is 1. The molecule has 1 heterocycles. The highest BCUT2D eigenvalue weighted by Crippen LogP contribution is 2.27. The molecule has 0 aliphatic carbocycles. The van der Waals surface area contributed by atoms with E-state index in [-0.39, 0.29) is 5.41 Å². The van der Waals surface area contributed by atoms with Gasteiger partial charge in [0.25, 0.3) is 0 Å². The topological polar surface area (TPSA) is 33.4 Å². The molecule has 1 aromatic heterocycles. The van der Waals surface area contributed by atoms with Gasteiger partial charge in [0.05, 0.1) is 0 Å². The fourth-order valence-corrected chi connectivity index (χ4v) is 1.93. The molecule has 0 saturated carbocycles. The van der Waals surface area contributed by atoms with Crippen LogP contribution in [-0.4, -0.2) is 5.11 Å². The van der Waals surface area contributed by atoms with Crippen molar-refractivity contribution in [2.75, 3.05) is 0 Å². The molecule has 0 spiro atoms. The maximum atomic E-state index is 10.2. The summed E-state index contributed by atoms with van der Waals surface area (Å²) in [5.74, 6) is 1.41. The Hall–Kier alpha value is -1.54. The minimum absolute atomic E-state index is 0.130. The normalized spacial score (nSPS) is 13.6. The van der Waals surface area contributed by atoms with Crippen molar-refractivity contribution in [3.8, 4) is 0 Å². The summed E-state index contributed by atoms with van der Waals surface area (Å²) in [5, 5.41) is 10.2.